The maximum absolute atomic E-state index is 5.51. The number of aromatic nitrogens is 1. The Bertz CT molecular complexity index is 675. The predicted molar refractivity (Wildman–Crippen MR) is 114 cm³/mol. The van der Waals surface area contributed by atoms with Crippen LogP contribution in [-0.4, -0.2) is 38.3 Å². The summed E-state index contributed by atoms with van der Waals surface area (Å²) < 4.78 is 11.0. The molecule has 1 aromatic carbocycles. The van der Waals surface area contributed by atoms with Gasteiger partial charge in [-0.1, -0.05) is 6.42 Å². The summed E-state index contributed by atoms with van der Waals surface area (Å²) in [5, 5.41) is 8.10. The summed E-state index contributed by atoms with van der Waals surface area (Å²) in [4.78, 5) is 4.52. The molecule has 0 aliphatic carbocycles. The van der Waals surface area contributed by atoms with E-state index in [1.54, 1.807) is 14.2 Å². The molecule has 1 saturated heterocycles. The van der Waals surface area contributed by atoms with Crippen molar-refractivity contribution in [3.8, 4) is 11.5 Å². The van der Waals surface area contributed by atoms with E-state index < -0.39 is 0 Å². The fraction of sp³-hybridized carbons (Fsp3) is 0.526. The third kappa shape index (κ3) is 4.88. The number of nitrogens with one attached hydrogen (secondary N) is 2. The van der Waals surface area contributed by atoms with Crippen LogP contribution in [0.4, 0.5) is 5.69 Å². The molecule has 3 rings (SSSR count). The van der Waals surface area contributed by atoms with E-state index >= 15 is 0 Å². The number of benzene rings is 1. The highest BCUT2D eigenvalue weighted by Crippen LogP contribution is 2.39. The number of halogens is 1. The number of hydrogen-bond acceptors (Lipinski definition) is 5. The smallest absolute Gasteiger partial charge is 0.170 e. The Balaban J connectivity index is 0.00000225. The molecule has 0 radical (unpaired) electrons. The van der Waals surface area contributed by atoms with Gasteiger partial charge in [0.05, 0.1) is 25.4 Å². The van der Waals surface area contributed by atoms with Crippen LogP contribution in [0.25, 0.3) is 10.9 Å². The number of methoxy groups -OCH3 is 2. The van der Waals surface area contributed by atoms with Crippen LogP contribution in [0.5, 0.6) is 11.5 Å². The first-order valence-electron chi connectivity index (χ1n) is 8.80. The Morgan fingerprint density at radius 2 is 2.16 bits per heavy atom. The van der Waals surface area contributed by atoms with Crippen LogP contribution in [0.1, 0.15) is 32.1 Å². The van der Waals surface area contributed by atoms with Gasteiger partial charge in [0.1, 0.15) is 0 Å². The summed E-state index contributed by atoms with van der Waals surface area (Å²) in [5.41, 5.74) is 1.92. The average Bonchev–Trinajstić information content (AvgIpc) is 2.65. The number of nitrogens with zero attached hydrogens (tertiary/aromatic N) is 1. The molecule has 1 aromatic heterocycles. The molecule has 5 nitrogen and oxygen atoms in total. The molecule has 0 bridgehead atoms. The SMILES string of the molecule is COc1cc(NCCCC2CCCCN2)c2ncccc2c1OC.I. The second-order valence-corrected chi connectivity index (χ2v) is 6.28. The Hall–Kier alpha value is -1.28. The molecule has 1 atom stereocenters. The van der Waals surface area contributed by atoms with Gasteiger partial charge in [0.25, 0.3) is 0 Å². The molecule has 2 N–H and O–H groups in total. The quantitative estimate of drug-likeness (QED) is 0.482. The number of fused-ring (bicyclic) bond motifs is 1. The lowest BCUT2D eigenvalue weighted by molar-refractivity contribution is 0.358. The van der Waals surface area contributed by atoms with Gasteiger partial charge in [-0.3, -0.25) is 4.98 Å². The van der Waals surface area contributed by atoms with Crippen molar-refractivity contribution in [2.75, 3.05) is 32.6 Å². The first-order valence-corrected chi connectivity index (χ1v) is 8.80. The van der Waals surface area contributed by atoms with Crippen molar-refractivity contribution < 1.29 is 9.47 Å². The van der Waals surface area contributed by atoms with E-state index in [-0.39, 0.29) is 24.0 Å². The number of pyridine rings is 1. The Morgan fingerprint density at radius 3 is 2.88 bits per heavy atom. The molecule has 1 fully saturated rings. The van der Waals surface area contributed by atoms with Gasteiger partial charge < -0.3 is 20.1 Å². The molecule has 2 heterocycles. The normalized spacial score (nSPS) is 17.0. The van der Waals surface area contributed by atoms with E-state index in [2.05, 4.69) is 15.6 Å². The molecule has 0 spiro atoms. The Morgan fingerprint density at radius 1 is 1.28 bits per heavy atom. The van der Waals surface area contributed by atoms with Crippen LogP contribution < -0.4 is 20.1 Å². The van der Waals surface area contributed by atoms with E-state index in [1.807, 2.05) is 24.4 Å². The fourth-order valence-electron chi connectivity index (χ4n) is 3.44. The molecule has 1 unspecified atom stereocenters. The van der Waals surface area contributed by atoms with Crippen LogP contribution in [0.3, 0.4) is 0 Å². The van der Waals surface area contributed by atoms with Gasteiger partial charge in [0, 0.05) is 30.2 Å². The number of ether oxygens (including phenoxy) is 2. The first kappa shape index (κ1) is 20.0. The molecular weight excluding hydrogens is 429 g/mol. The second-order valence-electron chi connectivity index (χ2n) is 6.28. The van der Waals surface area contributed by atoms with Crippen molar-refractivity contribution in [2.24, 2.45) is 0 Å². The van der Waals surface area contributed by atoms with Crippen LogP contribution in [0, 0.1) is 0 Å². The molecule has 1 aliphatic heterocycles. The highest BCUT2D eigenvalue weighted by Gasteiger charge is 2.15. The first-order chi connectivity index (χ1) is 11.8. The summed E-state index contributed by atoms with van der Waals surface area (Å²) in [6, 6.07) is 6.59. The largest absolute Gasteiger partial charge is 0.493 e. The third-order valence-corrected chi connectivity index (χ3v) is 4.69. The maximum Gasteiger partial charge on any atom is 0.170 e. The van der Waals surface area contributed by atoms with Gasteiger partial charge in [-0.15, -0.1) is 24.0 Å². The van der Waals surface area contributed by atoms with Crippen molar-refractivity contribution in [3.63, 3.8) is 0 Å². The lowest BCUT2D eigenvalue weighted by Crippen LogP contribution is -2.34. The van der Waals surface area contributed by atoms with E-state index in [0.29, 0.717) is 6.04 Å². The summed E-state index contributed by atoms with van der Waals surface area (Å²) in [5.74, 6) is 1.46. The van der Waals surface area contributed by atoms with Crippen LogP contribution in [0.15, 0.2) is 24.4 Å². The lowest BCUT2D eigenvalue weighted by Gasteiger charge is -2.23. The average molecular weight is 457 g/mol. The van der Waals surface area contributed by atoms with Gasteiger partial charge in [-0.05, 0) is 44.4 Å². The van der Waals surface area contributed by atoms with Gasteiger partial charge in [-0.2, -0.15) is 0 Å². The van der Waals surface area contributed by atoms with Crippen LogP contribution >= 0.6 is 24.0 Å². The topological polar surface area (TPSA) is 55.4 Å². The number of hydrogen-bond donors (Lipinski definition) is 2. The number of rotatable bonds is 7. The minimum atomic E-state index is 0. The molecule has 25 heavy (non-hydrogen) atoms. The summed E-state index contributed by atoms with van der Waals surface area (Å²) >= 11 is 0. The molecule has 2 aromatic rings. The van der Waals surface area contributed by atoms with Crippen molar-refractivity contribution in [2.45, 2.75) is 38.1 Å². The van der Waals surface area contributed by atoms with Gasteiger partial charge in [0.15, 0.2) is 11.5 Å². The van der Waals surface area contributed by atoms with Crippen molar-refractivity contribution in [1.29, 1.82) is 0 Å². The molecule has 6 heteroatoms. The summed E-state index contributed by atoms with van der Waals surface area (Å²) in [7, 11) is 3.33. The van der Waals surface area contributed by atoms with Crippen molar-refractivity contribution in [1.82, 2.24) is 10.3 Å². The zero-order valence-electron chi connectivity index (χ0n) is 15.0. The van der Waals surface area contributed by atoms with Crippen molar-refractivity contribution >= 4 is 40.6 Å². The van der Waals surface area contributed by atoms with Crippen LogP contribution in [-0.2, 0) is 0 Å². The predicted octanol–water partition coefficient (Wildman–Crippen LogP) is 4.20. The maximum atomic E-state index is 5.51. The van der Waals surface area contributed by atoms with Gasteiger partial charge in [0.2, 0.25) is 0 Å². The lowest BCUT2D eigenvalue weighted by atomic mass is 10.0. The Kier molecular flexibility index (Phi) is 8.02. The van der Waals surface area contributed by atoms with E-state index in [4.69, 9.17) is 9.47 Å². The minimum absolute atomic E-state index is 0. The van der Waals surface area contributed by atoms with Crippen LogP contribution in [0.2, 0.25) is 0 Å². The minimum Gasteiger partial charge on any atom is -0.493 e. The highest BCUT2D eigenvalue weighted by molar-refractivity contribution is 14.0. The zero-order chi connectivity index (χ0) is 16.8. The highest BCUT2D eigenvalue weighted by atomic mass is 127. The molecule has 138 valence electrons. The molecular formula is C19H28IN3O2. The fourth-order valence-corrected chi connectivity index (χ4v) is 3.44. The number of piperidine rings is 1. The van der Waals surface area contributed by atoms with E-state index in [1.165, 1.54) is 32.2 Å². The summed E-state index contributed by atoms with van der Waals surface area (Å²) in [6.07, 6.45) is 8.14. The van der Waals surface area contributed by atoms with E-state index in [0.717, 1.165) is 41.1 Å². The zero-order valence-corrected chi connectivity index (χ0v) is 17.3. The van der Waals surface area contributed by atoms with Gasteiger partial charge >= 0.3 is 0 Å². The second kappa shape index (κ2) is 10.0. The molecule has 0 amide bonds. The standard InChI is InChI=1S/C19H27N3O2.HI/c1-23-17-13-16(18-15(19(17)24-2)9-6-12-22-18)21-11-5-8-14-7-3-4-10-20-14;/h6,9,12-14,20-21H,3-5,7-8,10-11H2,1-2H3;1H. The molecule has 0 saturated carbocycles. The van der Waals surface area contributed by atoms with Gasteiger partial charge in [-0.25, -0.2) is 0 Å². The summed E-state index contributed by atoms with van der Waals surface area (Å²) in [6.45, 7) is 2.10. The monoisotopic (exact) mass is 457 g/mol. The van der Waals surface area contributed by atoms with Crippen molar-refractivity contribution in [3.05, 3.63) is 24.4 Å². The third-order valence-electron chi connectivity index (χ3n) is 4.69. The van der Waals surface area contributed by atoms with E-state index in [9.17, 15) is 0 Å². The molecule has 1 aliphatic rings. The number of anilines is 1. The Labute approximate surface area is 166 Å².